The number of para-hydroxylation sites is 6. The second-order valence-corrected chi connectivity index (χ2v) is 14.3. The number of aromatic nitrogens is 4. The highest BCUT2D eigenvalue weighted by Gasteiger charge is 2.16. The Bertz CT molecular complexity index is 3310. The van der Waals surface area contributed by atoms with Gasteiger partial charge in [-0.25, -0.2) is 0 Å². The number of fused-ring (bicyclic) bond motifs is 12. The predicted octanol–water partition coefficient (Wildman–Crippen LogP) is 14.9. The van der Waals surface area contributed by atoms with E-state index in [0.717, 1.165) is 0 Å². The molecule has 0 amide bonds. The van der Waals surface area contributed by atoms with Gasteiger partial charge in [0.25, 0.3) is 0 Å². The van der Waals surface area contributed by atoms with Gasteiger partial charge in [0.2, 0.25) is 0 Å². The highest BCUT2D eigenvalue weighted by Crippen LogP contribution is 2.37. The highest BCUT2D eigenvalue weighted by molar-refractivity contribution is 6.13. The second-order valence-electron chi connectivity index (χ2n) is 14.3. The van der Waals surface area contributed by atoms with Crippen LogP contribution in [-0.2, 0) is 14.1 Å². The Hall–Kier alpha value is -7.04. The van der Waals surface area contributed by atoms with Crippen molar-refractivity contribution in [2.75, 3.05) is 0 Å². The molecule has 0 spiro atoms. The Morgan fingerprint density at radius 3 is 0.948 bits per heavy atom. The Morgan fingerprint density at radius 1 is 0.241 bits per heavy atom. The molecule has 4 aromatic heterocycles. The smallest absolute Gasteiger partial charge is 0.0541 e. The van der Waals surface area contributed by atoms with Crippen molar-refractivity contribution in [3.63, 3.8) is 0 Å². The quantitative estimate of drug-likeness (QED) is 0.168. The van der Waals surface area contributed by atoms with E-state index in [0.29, 0.717) is 0 Å². The fraction of sp³-hybridized carbons (Fsp3) is 0.111. The van der Waals surface area contributed by atoms with E-state index in [9.17, 15) is 0 Å². The van der Waals surface area contributed by atoms with E-state index in [2.05, 4.69) is 214 Å². The summed E-state index contributed by atoms with van der Waals surface area (Å²) in [7, 11) is 4.30. The zero-order valence-corrected chi connectivity index (χ0v) is 34.1. The number of nitrogens with zero attached hydrogens (tertiary/aromatic N) is 4. The molecule has 4 nitrogen and oxygen atoms in total. The fourth-order valence-electron chi connectivity index (χ4n) is 8.98. The van der Waals surface area contributed by atoms with Gasteiger partial charge in [-0.2, -0.15) is 0 Å². The van der Waals surface area contributed by atoms with Gasteiger partial charge in [0.1, 0.15) is 0 Å². The minimum absolute atomic E-state index is 1.20. The third-order valence-corrected chi connectivity index (χ3v) is 11.5. The van der Waals surface area contributed by atoms with Crippen LogP contribution in [0.3, 0.4) is 0 Å². The van der Waals surface area contributed by atoms with Crippen LogP contribution in [0.25, 0.3) is 98.6 Å². The summed E-state index contributed by atoms with van der Waals surface area (Å²) in [6, 6.07) is 65.5. The van der Waals surface area contributed by atoms with Crippen LogP contribution in [0.4, 0.5) is 0 Å². The van der Waals surface area contributed by atoms with Crippen LogP contribution < -0.4 is 0 Å². The predicted molar refractivity (Wildman–Crippen MR) is 252 cm³/mol. The lowest BCUT2D eigenvalue weighted by Crippen LogP contribution is -1.94. The fourth-order valence-corrected chi connectivity index (χ4v) is 8.98. The second kappa shape index (κ2) is 15.1. The summed E-state index contributed by atoms with van der Waals surface area (Å²) in [4.78, 5) is 0. The molecule has 0 aliphatic carbocycles. The van der Waals surface area contributed by atoms with Crippen molar-refractivity contribution in [1.29, 1.82) is 0 Å². The van der Waals surface area contributed by atoms with E-state index in [4.69, 9.17) is 0 Å². The van der Waals surface area contributed by atoms with Gasteiger partial charge < -0.3 is 18.3 Å². The van der Waals surface area contributed by atoms with Gasteiger partial charge in [-0.15, -0.1) is 0 Å². The van der Waals surface area contributed by atoms with Crippen LogP contribution in [0.15, 0.2) is 182 Å². The summed E-state index contributed by atoms with van der Waals surface area (Å²) >= 11 is 0. The van der Waals surface area contributed by atoms with Crippen LogP contribution in [0.5, 0.6) is 0 Å². The van der Waals surface area contributed by atoms with Crippen LogP contribution >= 0.6 is 0 Å². The van der Waals surface area contributed by atoms with Crippen LogP contribution in [-0.4, -0.2) is 18.3 Å². The maximum Gasteiger partial charge on any atom is 0.0541 e. The largest absolute Gasteiger partial charge is 0.344 e. The summed E-state index contributed by atoms with van der Waals surface area (Å²) in [5.41, 5.74) is 12.5. The van der Waals surface area contributed by atoms with Crippen LogP contribution in [0.1, 0.15) is 27.7 Å². The van der Waals surface area contributed by atoms with Crippen molar-refractivity contribution in [3.05, 3.63) is 182 Å². The molecule has 0 saturated heterocycles. The third kappa shape index (κ3) is 5.67. The third-order valence-electron chi connectivity index (χ3n) is 11.5. The van der Waals surface area contributed by atoms with Crippen molar-refractivity contribution in [1.82, 2.24) is 18.3 Å². The number of rotatable bonds is 2. The summed E-state index contributed by atoms with van der Waals surface area (Å²) < 4.78 is 9.33. The molecule has 12 aromatic rings. The zero-order chi connectivity index (χ0) is 39.9. The van der Waals surface area contributed by atoms with Crippen molar-refractivity contribution in [3.8, 4) is 11.4 Å². The van der Waals surface area contributed by atoms with E-state index >= 15 is 0 Å². The number of aryl methyl sites for hydroxylation is 2. The molecule has 4 heteroatoms. The molecule has 58 heavy (non-hydrogen) atoms. The van der Waals surface area contributed by atoms with Crippen molar-refractivity contribution >= 4 is 87.2 Å². The normalized spacial score (nSPS) is 11.3. The summed E-state index contributed by atoms with van der Waals surface area (Å²) in [5, 5.41) is 10.4. The first-order chi connectivity index (χ1) is 28.7. The molecular formula is C54H48N4. The molecule has 0 saturated carbocycles. The lowest BCUT2D eigenvalue weighted by molar-refractivity contribution is 1.01. The maximum absolute atomic E-state index is 2.38. The maximum atomic E-state index is 2.38. The molecule has 284 valence electrons. The Labute approximate surface area is 339 Å². The average Bonchev–Trinajstić information content (AvgIpc) is 4.00. The molecule has 0 atom stereocenters. The molecule has 4 heterocycles. The Kier molecular flexibility index (Phi) is 9.55. The Morgan fingerprint density at radius 2 is 0.517 bits per heavy atom. The summed E-state index contributed by atoms with van der Waals surface area (Å²) in [5.74, 6) is 0. The monoisotopic (exact) mass is 752 g/mol. The van der Waals surface area contributed by atoms with Gasteiger partial charge >= 0.3 is 0 Å². The molecule has 0 aliphatic heterocycles. The number of benzene rings is 8. The highest BCUT2D eigenvalue weighted by atomic mass is 15.0. The van der Waals surface area contributed by atoms with Crippen molar-refractivity contribution in [2.45, 2.75) is 27.7 Å². The SMILES string of the molecule is CC.CC.Cn1c2ccccc2c2cc(-n3c4ccccc4c4ccccc43)ccc21.Cn1c2ccccc2c2ccc(-n3c4ccccc4c4ccccc43)cc21. The molecule has 0 fully saturated rings. The lowest BCUT2D eigenvalue weighted by Gasteiger charge is -2.09. The standard InChI is InChI=1S/2C25H18N2.2C2H6/c1-26-22-11-5-2-10-20(22)21-16-17(14-15-23(21)26)27-24-12-6-3-8-18(24)19-9-4-7-13-25(19)27;1-26-22-11-5-2-8-18(22)21-15-14-17(16-25(21)26)27-23-12-6-3-9-19(23)20-10-4-7-13-24(20)27;2*1-2/h2*2-16H,1H3;2*1-2H3. The summed E-state index contributed by atoms with van der Waals surface area (Å²) in [6.45, 7) is 8.00. The van der Waals surface area contributed by atoms with Gasteiger partial charge in [0.15, 0.2) is 0 Å². The first-order valence-electron chi connectivity index (χ1n) is 20.6. The first kappa shape index (κ1) is 36.6. The van der Waals surface area contributed by atoms with Gasteiger partial charge in [0, 0.05) is 85.1 Å². The lowest BCUT2D eigenvalue weighted by atomic mass is 10.1. The molecule has 0 unspecified atom stereocenters. The van der Waals surface area contributed by atoms with E-state index in [1.807, 2.05) is 27.7 Å². The molecule has 0 radical (unpaired) electrons. The van der Waals surface area contributed by atoms with Gasteiger partial charge in [-0.1, -0.05) is 143 Å². The molecule has 8 aromatic carbocycles. The van der Waals surface area contributed by atoms with Crippen LogP contribution in [0.2, 0.25) is 0 Å². The number of hydrogen-bond donors (Lipinski definition) is 0. The topological polar surface area (TPSA) is 19.7 Å². The van der Waals surface area contributed by atoms with E-state index < -0.39 is 0 Å². The average molecular weight is 753 g/mol. The molecular weight excluding hydrogens is 705 g/mol. The minimum Gasteiger partial charge on any atom is -0.344 e. The van der Waals surface area contributed by atoms with Gasteiger partial charge in [0.05, 0.1) is 27.6 Å². The number of hydrogen-bond acceptors (Lipinski definition) is 0. The zero-order valence-electron chi connectivity index (χ0n) is 34.1. The van der Waals surface area contributed by atoms with E-state index in [-0.39, 0.29) is 0 Å². The molecule has 0 aliphatic rings. The minimum atomic E-state index is 1.20. The van der Waals surface area contributed by atoms with Gasteiger partial charge in [-0.05, 0) is 66.7 Å². The van der Waals surface area contributed by atoms with Crippen molar-refractivity contribution in [2.24, 2.45) is 14.1 Å². The molecule has 0 bridgehead atoms. The Balaban J connectivity index is 0.000000139. The molecule has 12 rings (SSSR count). The van der Waals surface area contributed by atoms with Gasteiger partial charge in [-0.3, -0.25) is 0 Å². The first-order valence-corrected chi connectivity index (χ1v) is 20.6. The van der Waals surface area contributed by atoms with Crippen LogP contribution in [0, 0.1) is 0 Å². The molecule has 0 N–H and O–H groups in total. The summed E-state index contributed by atoms with van der Waals surface area (Å²) in [6.07, 6.45) is 0. The van der Waals surface area contributed by atoms with Crippen molar-refractivity contribution < 1.29 is 0 Å². The van der Waals surface area contributed by atoms with E-state index in [1.54, 1.807) is 0 Å². The van der Waals surface area contributed by atoms with E-state index in [1.165, 1.54) is 98.6 Å².